The van der Waals surface area contributed by atoms with Gasteiger partial charge in [0, 0.05) is 31.6 Å². The van der Waals surface area contributed by atoms with E-state index in [9.17, 15) is 4.79 Å². The largest absolute Gasteiger partial charge is 0.339 e. The first-order valence-corrected chi connectivity index (χ1v) is 9.44. The van der Waals surface area contributed by atoms with Crippen LogP contribution in [0.5, 0.6) is 0 Å². The van der Waals surface area contributed by atoms with Crippen LogP contribution in [0.15, 0.2) is 35.5 Å². The molecule has 4 rings (SSSR count). The van der Waals surface area contributed by atoms with E-state index in [1.165, 1.54) is 22.7 Å². The van der Waals surface area contributed by atoms with Crippen molar-refractivity contribution in [1.82, 2.24) is 24.4 Å². The number of thioether (sulfide) groups is 1. The molecule has 7 heteroatoms. The second kappa shape index (κ2) is 6.65. The molecule has 0 unspecified atom stereocenters. The molecule has 3 aromatic rings. The maximum absolute atomic E-state index is 12.5. The minimum absolute atomic E-state index is 0.172. The van der Waals surface area contributed by atoms with E-state index in [1.807, 2.05) is 27.5 Å². The molecule has 0 N–H and O–H groups in total. The summed E-state index contributed by atoms with van der Waals surface area (Å²) in [5.41, 5.74) is 3.09. The average molecular weight is 355 g/mol. The lowest BCUT2D eigenvalue weighted by atomic mass is 10.1. The number of carbonyl (C=O) groups excluding carboxylic acids is 1. The molecular weight excluding hydrogens is 334 g/mol. The van der Waals surface area contributed by atoms with Gasteiger partial charge in [-0.15, -0.1) is 10.2 Å². The molecule has 0 saturated carbocycles. The Morgan fingerprint density at radius 3 is 2.72 bits per heavy atom. The molecule has 0 radical (unpaired) electrons. The number of pyridine rings is 1. The molecule has 1 amide bonds. The van der Waals surface area contributed by atoms with Gasteiger partial charge in [-0.05, 0) is 31.7 Å². The molecule has 1 aliphatic rings. The standard InChI is InChI=1S/C18H21N5OS/c1-13-11-16-19-20-18(23(16)15-6-4-3-5-14(13)15)25-12-17(24)22-9-7-21(2)8-10-22/h3-6,11H,7-10,12H2,1-2H3. The first kappa shape index (κ1) is 16.4. The zero-order chi connectivity index (χ0) is 17.4. The summed E-state index contributed by atoms with van der Waals surface area (Å²) in [4.78, 5) is 16.7. The van der Waals surface area contributed by atoms with Gasteiger partial charge in [0.05, 0.1) is 11.3 Å². The summed E-state index contributed by atoms with van der Waals surface area (Å²) in [6.07, 6.45) is 0. The number of piperazine rings is 1. The number of amides is 1. The predicted molar refractivity (Wildman–Crippen MR) is 100 cm³/mol. The van der Waals surface area contributed by atoms with Crippen molar-refractivity contribution in [3.63, 3.8) is 0 Å². The molecule has 1 aliphatic heterocycles. The van der Waals surface area contributed by atoms with Crippen LogP contribution >= 0.6 is 11.8 Å². The first-order chi connectivity index (χ1) is 12.1. The molecule has 6 nitrogen and oxygen atoms in total. The van der Waals surface area contributed by atoms with Crippen molar-refractivity contribution in [2.45, 2.75) is 12.1 Å². The highest BCUT2D eigenvalue weighted by atomic mass is 32.2. The third-order valence-corrected chi connectivity index (χ3v) is 5.67. The van der Waals surface area contributed by atoms with Crippen LogP contribution in [-0.2, 0) is 4.79 Å². The van der Waals surface area contributed by atoms with E-state index in [4.69, 9.17) is 0 Å². The zero-order valence-electron chi connectivity index (χ0n) is 14.5. The molecule has 1 aromatic carbocycles. The number of para-hydroxylation sites is 1. The normalized spacial score (nSPS) is 16.0. The summed E-state index contributed by atoms with van der Waals surface area (Å²) in [6.45, 7) is 5.57. The van der Waals surface area contributed by atoms with Crippen molar-refractivity contribution in [2.24, 2.45) is 0 Å². The van der Waals surface area contributed by atoms with Crippen LogP contribution in [0.2, 0.25) is 0 Å². The summed E-state index contributed by atoms with van der Waals surface area (Å²) >= 11 is 1.46. The predicted octanol–water partition coefficient (Wildman–Crippen LogP) is 2.06. The Balaban J connectivity index is 1.58. The highest BCUT2D eigenvalue weighted by Gasteiger charge is 2.20. The molecule has 130 valence electrons. The van der Waals surface area contributed by atoms with Crippen LogP contribution < -0.4 is 0 Å². The molecule has 1 saturated heterocycles. The number of carbonyl (C=O) groups is 1. The SMILES string of the molecule is Cc1cc2nnc(SCC(=O)N3CCN(C)CC3)n2c2ccccc12. The van der Waals surface area contributed by atoms with Crippen LogP contribution in [0.25, 0.3) is 16.6 Å². The number of benzene rings is 1. The van der Waals surface area contributed by atoms with Gasteiger partial charge in [0.25, 0.3) is 0 Å². The maximum atomic E-state index is 12.5. The molecule has 25 heavy (non-hydrogen) atoms. The van der Waals surface area contributed by atoms with Crippen LogP contribution in [0.3, 0.4) is 0 Å². The topological polar surface area (TPSA) is 53.7 Å². The minimum atomic E-state index is 0.172. The van der Waals surface area contributed by atoms with E-state index in [2.05, 4.69) is 41.2 Å². The average Bonchev–Trinajstić information content (AvgIpc) is 3.03. The van der Waals surface area contributed by atoms with Crippen molar-refractivity contribution >= 4 is 34.2 Å². The lowest BCUT2D eigenvalue weighted by Crippen LogP contribution is -2.47. The van der Waals surface area contributed by atoms with Crippen LogP contribution in [-0.4, -0.2) is 69.3 Å². The van der Waals surface area contributed by atoms with E-state index in [1.54, 1.807) is 0 Å². The molecule has 2 aromatic heterocycles. The van der Waals surface area contributed by atoms with Crippen molar-refractivity contribution in [1.29, 1.82) is 0 Å². The van der Waals surface area contributed by atoms with Gasteiger partial charge >= 0.3 is 0 Å². The molecule has 3 heterocycles. The number of rotatable bonds is 3. The van der Waals surface area contributed by atoms with E-state index in [0.29, 0.717) is 5.75 Å². The lowest BCUT2D eigenvalue weighted by molar-refractivity contribution is -0.129. The highest BCUT2D eigenvalue weighted by Crippen LogP contribution is 2.25. The van der Waals surface area contributed by atoms with E-state index in [0.717, 1.165) is 42.5 Å². The van der Waals surface area contributed by atoms with Gasteiger partial charge < -0.3 is 9.80 Å². The quantitative estimate of drug-likeness (QED) is 0.673. The Bertz CT molecular complexity index is 930. The van der Waals surface area contributed by atoms with E-state index < -0.39 is 0 Å². The summed E-state index contributed by atoms with van der Waals surface area (Å²) in [5, 5.41) is 10.6. The Morgan fingerprint density at radius 2 is 1.92 bits per heavy atom. The van der Waals surface area contributed by atoms with Crippen molar-refractivity contribution in [3.8, 4) is 0 Å². The smallest absolute Gasteiger partial charge is 0.233 e. The monoisotopic (exact) mass is 355 g/mol. The van der Waals surface area contributed by atoms with Crippen molar-refractivity contribution in [3.05, 3.63) is 35.9 Å². The lowest BCUT2D eigenvalue weighted by Gasteiger charge is -2.32. The van der Waals surface area contributed by atoms with Gasteiger partial charge in [0.2, 0.25) is 5.91 Å². The number of hydrogen-bond donors (Lipinski definition) is 0. The van der Waals surface area contributed by atoms with Crippen LogP contribution in [0.4, 0.5) is 0 Å². The molecule has 0 aliphatic carbocycles. The molecule has 0 spiro atoms. The molecule has 0 atom stereocenters. The summed E-state index contributed by atoms with van der Waals surface area (Å²) < 4.78 is 2.05. The fourth-order valence-electron chi connectivity index (χ4n) is 3.24. The van der Waals surface area contributed by atoms with E-state index >= 15 is 0 Å². The fourth-order valence-corrected chi connectivity index (χ4v) is 4.10. The first-order valence-electron chi connectivity index (χ1n) is 8.46. The van der Waals surface area contributed by atoms with Gasteiger partial charge in [-0.3, -0.25) is 9.20 Å². The van der Waals surface area contributed by atoms with Crippen molar-refractivity contribution in [2.75, 3.05) is 39.0 Å². The summed E-state index contributed by atoms with van der Waals surface area (Å²) in [7, 11) is 2.09. The number of likely N-dealkylation sites (N-methyl/N-ethyl adjacent to an activating group) is 1. The second-order valence-electron chi connectivity index (χ2n) is 6.49. The van der Waals surface area contributed by atoms with Gasteiger partial charge in [0.15, 0.2) is 10.8 Å². The minimum Gasteiger partial charge on any atom is -0.339 e. The number of aryl methyl sites for hydroxylation is 1. The Morgan fingerprint density at radius 1 is 1.16 bits per heavy atom. The molecular formula is C18H21N5OS. The summed E-state index contributed by atoms with van der Waals surface area (Å²) in [5.74, 6) is 0.568. The van der Waals surface area contributed by atoms with Gasteiger partial charge in [-0.2, -0.15) is 0 Å². The Hall–Kier alpha value is -2.12. The fraction of sp³-hybridized carbons (Fsp3) is 0.389. The number of fused-ring (bicyclic) bond motifs is 3. The zero-order valence-corrected chi connectivity index (χ0v) is 15.3. The molecule has 0 bridgehead atoms. The van der Waals surface area contributed by atoms with E-state index in [-0.39, 0.29) is 5.91 Å². The van der Waals surface area contributed by atoms with Crippen LogP contribution in [0, 0.1) is 6.92 Å². The molecule has 1 fully saturated rings. The Labute approximate surface area is 150 Å². The third-order valence-electron chi connectivity index (χ3n) is 4.75. The summed E-state index contributed by atoms with van der Waals surface area (Å²) in [6, 6.07) is 10.3. The number of nitrogens with zero attached hydrogens (tertiary/aromatic N) is 5. The Kier molecular flexibility index (Phi) is 4.35. The second-order valence-corrected chi connectivity index (χ2v) is 7.44. The van der Waals surface area contributed by atoms with Gasteiger partial charge in [0.1, 0.15) is 0 Å². The number of aromatic nitrogens is 3. The van der Waals surface area contributed by atoms with Gasteiger partial charge in [-0.1, -0.05) is 30.0 Å². The third kappa shape index (κ3) is 3.09. The number of hydrogen-bond acceptors (Lipinski definition) is 5. The van der Waals surface area contributed by atoms with Gasteiger partial charge in [-0.25, -0.2) is 0 Å². The highest BCUT2D eigenvalue weighted by molar-refractivity contribution is 7.99. The maximum Gasteiger partial charge on any atom is 0.233 e. The van der Waals surface area contributed by atoms with Crippen LogP contribution in [0.1, 0.15) is 5.56 Å². The van der Waals surface area contributed by atoms with Crippen molar-refractivity contribution < 1.29 is 4.79 Å².